The van der Waals surface area contributed by atoms with Gasteiger partial charge in [-0.15, -0.1) is 0 Å². The Morgan fingerprint density at radius 1 is 1.57 bits per heavy atom. The van der Waals surface area contributed by atoms with Gasteiger partial charge in [-0.2, -0.15) is 5.10 Å². The van der Waals surface area contributed by atoms with E-state index in [0.29, 0.717) is 5.92 Å². The normalized spacial score (nSPS) is 20.9. The first-order valence-corrected chi connectivity index (χ1v) is 5.41. The topological polar surface area (TPSA) is 29.9 Å². The van der Waals surface area contributed by atoms with Crippen LogP contribution in [-0.4, -0.2) is 23.4 Å². The molecule has 1 aromatic rings. The fourth-order valence-electron chi connectivity index (χ4n) is 2.66. The highest BCUT2D eigenvalue weighted by Gasteiger charge is 2.25. The van der Waals surface area contributed by atoms with Gasteiger partial charge in [0.2, 0.25) is 0 Å². The van der Waals surface area contributed by atoms with Crippen molar-refractivity contribution < 1.29 is 0 Å². The van der Waals surface area contributed by atoms with E-state index in [-0.39, 0.29) is 0 Å². The van der Waals surface area contributed by atoms with Gasteiger partial charge in [-0.3, -0.25) is 4.68 Å². The van der Waals surface area contributed by atoms with E-state index in [0.717, 1.165) is 6.54 Å². The molecule has 3 heteroatoms. The number of aryl methyl sites for hydroxylation is 2. The van der Waals surface area contributed by atoms with E-state index < -0.39 is 0 Å². The number of likely N-dealkylation sites (N-methyl/N-ethyl adjacent to an activating group) is 1. The molecular weight excluding hydrogens is 174 g/mol. The number of fused-ring (bicyclic) bond motifs is 1. The third-order valence-electron chi connectivity index (χ3n) is 3.22. The number of hydrogen-bond acceptors (Lipinski definition) is 2. The number of nitrogens with zero attached hydrogens (tertiary/aromatic N) is 2. The maximum atomic E-state index is 4.51. The van der Waals surface area contributed by atoms with Crippen LogP contribution in [0, 0.1) is 6.92 Å². The summed E-state index contributed by atoms with van der Waals surface area (Å²) in [6.45, 7) is 3.21. The van der Waals surface area contributed by atoms with Gasteiger partial charge in [0.1, 0.15) is 0 Å². The monoisotopic (exact) mass is 193 g/mol. The average Bonchev–Trinajstić information content (AvgIpc) is 2.44. The third-order valence-corrected chi connectivity index (χ3v) is 3.22. The molecule has 0 bridgehead atoms. The first kappa shape index (κ1) is 9.71. The number of nitrogens with one attached hydrogen (secondary N) is 1. The van der Waals surface area contributed by atoms with Crippen LogP contribution in [0.25, 0.3) is 0 Å². The van der Waals surface area contributed by atoms with Gasteiger partial charge < -0.3 is 5.32 Å². The first-order chi connectivity index (χ1) is 6.74. The van der Waals surface area contributed by atoms with Gasteiger partial charge in [0.05, 0.1) is 5.69 Å². The minimum Gasteiger partial charge on any atom is -0.319 e. The van der Waals surface area contributed by atoms with Crippen molar-refractivity contribution in [3.8, 4) is 0 Å². The highest BCUT2D eigenvalue weighted by Crippen LogP contribution is 2.32. The van der Waals surface area contributed by atoms with Crippen molar-refractivity contribution in [2.45, 2.75) is 32.1 Å². The van der Waals surface area contributed by atoms with Crippen LogP contribution in [0.4, 0.5) is 0 Å². The highest BCUT2D eigenvalue weighted by atomic mass is 15.3. The summed E-state index contributed by atoms with van der Waals surface area (Å²) >= 11 is 0. The fraction of sp³-hybridized carbons (Fsp3) is 0.727. The summed E-state index contributed by atoms with van der Waals surface area (Å²) in [5.41, 5.74) is 4.18. The van der Waals surface area contributed by atoms with Crippen LogP contribution in [0.15, 0.2) is 0 Å². The molecule has 0 fully saturated rings. The zero-order valence-corrected chi connectivity index (χ0v) is 9.30. The summed E-state index contributed by atoms with van der Waals surface area (Å²) in [5.74, 6) is 0.678. The smallest absolute Gasteiger partial charge is 0.0631 e. The molecule has 1 aromatic heterocycles. The van der Waals surface area contributed by atoms with Gasteiger partial charge in [0.15, 0.2) is 0 Å². The molecular formula is C11H19N3. The Bertz CT molecular complexity index is 328. The predicted octanol–water partition coefficient (Wildman–Crippen LogP) is 1.37. The molecule has 1 aliphatic rings. The molecule has 0 saturated carbocycles. The highest BCUT2D eigenvalue weighted by molar-refractivity contribution is 5.32. The maximum Gasteiger partial charge on any atom is 0.0631 e. The van der Waals surface area contributed by atoms with Crippen LogP contribution in [0.1, 0.15) is 35.7 Å². The Kier molecular flexibility index (Phi) is 2.59. The SMILES string of the molecule is CNCC1CCCc2c1c(C)nn2C. The number of rotatable bonds is 2. The third kappa shape index (κ3) is 1.46. The molecule has 1 unspecified atom stereocenters. The van der Waals surface area contributed by atoms with Crippen LogP contribution in [-0.2, 0) is 13.5 Å². The molecule has 1 heterocycles. The van der Waals surface area contributed by atoms with Crippen LogP contribution in [0.3, 0.4) is 0 Å². The molecule has 3 nitrogen and oxygen atoms in total. The first-order valence-electron chi connectivity index (χ1n) is 5.41. The van der Waals surface area contributed by atoms with Crippen molar-refractivity contribution in [2.24, 2.45) is 7.05 Å². The molecule has 1 aliphatic carbocycles. The van der Waals surface area contributed by atoms with Gasteiger partial charge in [-0.05, 0) is 39.2 Å². The molecule has 1 N–H and O–H groups in total. The number of aromatic nitrogens is 2. The molecule has 0 aromatic carbocycles. The predicted molar refractivity (Wildman–Crippen MR) is 57.6 cm³/mol. The lowest BCUT2D eigenvalue weighted by Gasteiger charge is -2.23. The van der Waals surface area contributed by atoms with E-state index in [9.17, 15) is 0 Å². The fourth-order valence-corrected chi connectivity index (χ4v) is 2.66. The standard InChI is InChI=1S/C11H19N3/c1-8-11-9(7-12-2)5-4-6-10(11)14(3)13-8/h9,12H,4-7H2,1-3H3. The summed E-state index contributed by atoms with van der Waals surface area (Å²) in [6.07, 6.45) is 3.81. The summed E-state index contributed by atoms with van der Waals surface area (Å²) in [4.78, 5) is 0. The summed E-state index contributed by atoms with van der Waals surface area (Å²) in [6, 6.07) is 0. The molecule has 0 aliphatic heterocycles. The van der Waals surface area contributed by atoms with Crippen molar-refractivity contribution in [3.63, 3.8) is 0 Å². The van der Waals surface area contributed by atoms with E-state index in [1.54, 1.807) is 0 Å². The molecule has 1 atom stereocenters. The van der Waals surface area contributed by atoms with Crippen LogP contribution >= 0.6 is 0 Å². The van der Waals surface area contributed by atoms with Crippen LogP contribution in [0.2, 0.25) is 0 Å². The molecule has 0 spiro atoms. The van der Waals surface area contributed by atoms with E-state index in [1.807, 2.05) is 7.05 Å². The van der Waals surface area contributed by atoms with Crippen LogP contribution < -0.4 is 5.32 Å². The zero-order valence-electron chi connectivity index (χ0n) is 9.30. The Morgan fingerprint density at radius 3 is 3.07 bits per heavy atom. The van der Waals surface area contributed by atoms with Crippen molar-refractivity contribution in [1.29, 1.82) is 0 Å². The average molecular weight is 193 g/mol. The van der Waals surface area contributed by atoms with Gasteiger partial charge in [-0.25, -0.2) is 0 Å². The minimum absolute atomic E-state index is 0.678. The van der Waals surface area contributed by atoms with Crippen molar-refractivity contribution in [1.82, 2.24) is 15.1 Å². The van der Waals surface area contributed by atoms with E-state index in [4.69, 9.17) is 0 Å². The second-order valence-electron chi connectivity index (χ2n) is 4.22. The maximum absolute atomic E-state index is 4.51. The lowest BCUT2D eigenvalue weighted by Crippen LogP contribution is -2.21. The van der Waals surface area contributed by atoms with E-state index in [2.05, 4.69) is 29.1 Å². The molecule has 0 saturated heterocycles. The Balaban J connectivity index is 2.37. The quantitative estimate of drug-likeness (QED) is 0.768. The molecule has 78 valence electrons. The zero-order chi connectivity index (χ0) is 10.1. The minimum atomic E-state index is 0.678. The largest absolute Gasteiger partial charge is 0.319 e. The summed E-state index contributed by atoms with van der Waals surface area (Å²) in [7, 11) is 4.09. The van der Waals surface area contributed by atoms with E-state index >= 15 is 0 Å². The Labute approximate surface area is 85.5 Å². The van der Waals surface area contributed by atoms with Gasteiger partial charge in [-0.1, -0.05) is 0 Å². The lowest BCUT2D eigenvalue weighted by molar-refractivity contribution is 0.514. The lowest BCUT2D eigenvalue weighted by atomic mass is 9.85. The van der Waals surface area contributed by atoms with Crippen LogP contribution in [0.5, 0.6) is 0 Å². The number of hydrogen-bond donors (Lipinski definition) is 1. The summed E-state index contributed by atoms with van der Waals surface area (Å²) < 4.78 is 2.06. The van der Waals surface area contributed by atoms with Crippen molar-refractivity contribution >= 4 is 0 Å². The van der Waals surface area contributed by atoms with Gasteiger partial charge >= 0.3 is 0 Å². The van der Waals surface area contributed by atoms with Crippen molar-refractivity contribution in [2.75, 3.05) is 13.6 Å². The molecule has 14 heavy (non-hydrogen) atoms. The van der Waals surface area contributed by atoms with E-state index in [1.165, 1.54) is 36.2 Å². The molecule has 2 rings (SSSR count). The molecule has 0 radical (unpaired) electrons. The van der Waals surface area contributed by atoms with Crippen molar-refractivity contribution in [3.05, 3.63) is 17.0 Å². The Morgan fingerprint density at radius 2 is 2.36 bits per heavy atom. The van der Waals surface area contributed by atoms with Gasteiger partial charge in [0.25, 0.3) is 0 Å². The second kappa shape index (κ2) is 3.73. The Hall–Kier alpha value is -0.830. The van der Waals surface area contributed by atoms with Gasteiger partial charge in [0, 0.05) is 24.8 Å². The second-order valence-corrected chi connectivity index (χ2v) is 4.22. The summed E-state index contributed by atoms with van der Waals surface area (Å²) in [5, 5.41) is 7.79. The molecule has 0 amide bonds.